The minimum Gasteiger partial charge on any atom is -0.453 e. The first-order valence-corrected chi connectivity index (χ1v) is 7.77. The molecule has 0 aromatic carbocycles. The lowest BCUT2D eigenvalue weighted by Crippen LogP contribution is -2.99. The fraction of sp³-hybridized carbons (Fsp3) is 0.923. The number of alkyl carbamates (subject to hydrolysis) is 1. The molecule has 6 aliphatic carbocycles. The molecular weight excluding hydrogens is 314 g/mol. The summed E-state index contributed by atoms with van der Waals surface area (Å²) in [5.74, 6) is 2.95. The van der Waals surface area contributed by atoms with Gasteiger partial charge in [-0.1, -0.05) is 15.9 Å². The topological polar surface area (TPSA) is 56.8 Å². The Balaban J connectivity index is 1.44. The van der Waals surface area contributed by atoms with Crippen LogP contribution in [0.4, 0.5) is 4.79 Å². The van der Waals surface area contributed by atoms with Gasteiger partial charge in [0.2, 0.25) is 0 Å². The van der Waals surface area contributed by atoms with E-state index < -0.39 is 5.79 Å². The number of carbonyl (C=O) groups excluding carboxylic acids is 1. The van der Waals surface area contributed by atoms with E-state index in [9.17, 15) is 4.79 Å². The van der Waals surface area contributed by atoms with Gasteiger partial charge in [-0.25, -0.2) is 4.79 Å². The largest absolute Gasteiger partial charge is 0.453 e. The average Bonchev–Trinajstić information content (AvgIpc) is 2.95. The standard InChI is InChI=1S/C13H14BrNO4/c1-17-10(16)15-11-4-7-5(11)9-6(11)8(4)12(7,14)13(9)18-2-3-19-13/h4-9H,2-3H2,1H3,(H,15,16). The zero-order chi connectivity index (χ0) is 12.8. The minimum absolute atomic E-state index is 0.0170. The second kappa shape index (κ2) is 2.46. The molecule has 1 saturated heterocycles. The maximum Gasteiger partial charge on any atom is 0.407 e. The van der Waals surface area contributed by atoms with Gasteiger partial charge in [-0.15, -0.1) is 0 Å². The molecule has 0 radical (unpaired) electrons. The van der Waals surface area contributed by atoms with E-state index in [0.717, 1.165) is 0 Å². The van der Waals surface area contributed by atoms with Crippen molar-refractivity contribution in [2.45, 2.75) is 15.7 Å². The van der Waals surface area contributed by atoms with Gasteiger partial charge in [-0.2, -0.15) is 0 Å². The summed E-state index contributed by atoms with van der Waals surface area (Å²) in [6.07, 6.45) is -0.290. The van der Waals surface area contributed by atoms with E-state index in [0.29, 0.717) is 48.7 Å². The molecule has 0 aromatic rings. The Kier molecular flexibility index (Phi) is 1.35. The molecule has 1 aliphatic heterocycles. The van der Waals surface area contributed by atoms with E-state index in [1.165, 1.54) is 7.11 Å². The molecule has 4 atom stereocenters. The van der Waals surface area contributed by atoms with Gasteiger partial charge in [0.1, 0.15) is 0 Å². The SMILES string of the molecule is COC(=O)NC12C3C4C1C1C2C3C1(Br)C41OCCO1. The summed E-state index contributed by atoms with van der Waals surface area (Å²) in [7, 11) is 1.43. The van der Waals surface area contributed by atoms with Gasteiger partial charge in [0.25, 0.3) is 0 Å². The average molecular weight is 328 g/mol. The molecule has 0 aromatic heterocycles. The van der Waals surface area contributed by atoms with E-state index in [2.05, 4.69) is 21.2 Å². The van der Waals surface area contributed by atoms with E-state index in [1.807, 2.05) is 0 Å². The smallest absolute Gasteiger partial charge is 0.407 e. The predicted octanol–water partition coefficient (Wildman–Crippen LogP) is 0.723. The number of carbonyl (C=O) groups is 1. The van der Waals surface area contributed by atoms with Gasteiger partial charge in [0, 0.05) is 5.92 Å². The molecule has 2 bridgehead atoms. The first kappa shape index (κ1) is 10.4. The number of nitrogens with one attached hydrogen (secondary N) is 1. The quantitative estimate of drug-likeness (QED) is 0.721. The molecule has 4 unspecified atom stereocenters. The third kappa shape index (κ3) is 0.605. The monoisotopic (exact) mass is 327 g/mol. The third-order valence-corrected chi connectivity index (χ3v) is 8.75. The van der Waals surface area contributed by atoms with Crippen LogP contribution in [-0.4, -0.2) is 42.1 Å². The molecule has 7 fully saturated rings. The molecular formula is C13H14BrNO4. The molecule has 6 saturated carbocycles. The van der Waals surface area contributed by atoms with Crippen molar-refractivity contribution in [3.8, 4) is 0 Å². The summed E-state index contributed by atoms with van der Waals surface area (Å²) in [5, 5.41) is 3.13. The zero-order valence-electron chi connectivity index (χ0n) is 10.4. The molecule has 7 aliphatic rings. The van der Waals surface area contributed by atoms with Gasteiger partial charge >= 0.3 is 6.09 Å². The Hall–Kier alpha value is -0.330. The molecule has 1 heterocycles. The normalized spacial score (nSPS) is 66.6. The van der Waals surface area contributed by atoms with Gasteiger partial charge in [-0.3, -0.25) is 0 Å². The molecule has 7 rings (SSSR count). The number of rotatable bonds is 1. The molecule has 1 N–H and O–H groups in total. The highest BCUT2D eigenvalue weighted by Crippen LogP contribution is 3.01. The number of hydrogen-bond donors (Lipinski definition) is 1. The van der Waals surface area contributed by atoms with Crippen LogP contribution in [0.2, 0.25) is 0 Å². The highest BCUT2D eigenvalue weighted by molar-refractivity contribution is 9.10. The number of halogens is 1. The number of amides is 1. The predicted molar refractivity (Wildman–Crippen MR) is 65.5 cm³/mol. The van der Waals surface area contributed by atoms with Gasteiger partial charge in [0.05, 0.1) is 30.2 Å². The Labute approximate surface area is 118 Å². The first-order chi connectivity index (χ1) is 9.14. The molecule has 5 nitrogen and oxygen atoms in total. The molecule has 1 spiro atoms. The first-order valence-electron chi connectivity index (χ1n) is 6.97. The summed E-state index contributed by atoms with van der Waals surface area (Å²) in [6.45, 7) is 1.40. The van der Waals surface area contributed by atoms with E-state index >= 15 is 0 Å². The Morgan fingerprint density at radius 3 is 2.32 bits per heavy atom. The van der Waals surface area contributed by atoms with Crippen LogP contribution >= 0.6 is 15.9 Å². The van der Waals surface area contributed by atoms with Crippen LogP contribution in [0.15, 0.2) is 0 Å². The van der Waals surface area contributed by atoms with Crippen molar-refractivity contribution in [2.75, 3.05) is 20.3 Å². The fourth-order valence-electron chi connectivity index (χ4n) is 7.10. The Morgan fingerprint density at radius 2 is 1.74 bits per heavy atom. The van der Waals surface area contributed by atoms with Crippen LogP contribution in [0.3, 0.4) is 0 Å². The molecule has 102 valence electrons. The summed E-state index contributed by atoms with van der Waals surface area (Å²) >= 11 is 3.99. The number of alkyl halides is 1. The summed E-state index contributed by atoms with van der Waals surface area (Å²) in [5.41, 5.74) is 0.0170. The lowest BCUT2D eigenvalue weighted by molar-refractivity contribution is -0.391. The minimum atomic E-state index is -0.397. The number of methoxy groups -OCH3 is 1. The van der Waals surface area contributed by atoms with Crippen LogP contribution in [-0.2, 0) is 14.2 Å². The maximum absolute atomic E-state index is 11.6. The second-order valence-corrected chi connectivity index (χ2v) is 8.15. The maximum atomic E-state index is 11.6. The van der Waals surface area contributed by atoms with Crippen LogP contribution in [0, 0.1) is 35.5 Å². The lowest BCUT2D eigenvalue weighted by atomic mass is 9.16. The van der Waals surface area contributed by atoms with Crippen molar-refractivity contribution in [2.24, 2.45) is 35.5 Å². The molecule has 1 amide bonds. The van der Waals surface area contributed by atoms with Crippen molar-refractivity contribution in [3.63, 3.8) is 0 Å². The van der Waals surface area contributed by atoms with Crippen LogP contribution in [0.5, 0.6) is 0 Å². The molecule has 6 heteroatoms. The van der Waals surface area contributed by atoms with Gasteiger partial charge < -0.3 is 19.5 Å². The van der Waals surface area contributed by atoms with Crippen molar-refractivity contribution in [1.82, 2.24) is 5.32 Å². The summed E-state index contributed by atoms with van der Waals surface area (Å²) in [6, 6.07) is 0. The van der Waals surface area contributed by atoms with Crippen molar-refractivity contribution < 1.29 is 19.0 Å². The highest BCUT2D eigenvalue weighted by atomic mass is 79.9. The number of hydrogen-bond acceptors (Lipinski definition) is 4. The van der Waals surface area contributed by atoms with Crippen molar-refractivity contribution in [1.29, 1.82) is 0 Å². The van der Waals surface area contributed by atoms with Crippen LogP contribution in [0.1, 0.15) is 0 Å². The second-order valence-electron chi connectivity index (χ2n) is 6.84. The highest BCUT2D eigenvalue weighted by Gasteiger charge is 3.09. The van der Waals surface area contributed by atoms with Gasteiger partial charge in [0.15, 0.2) is 5.79 Å². The third-order valence-electron chi connectivity index (χ3n) is 7.14. The van der Waals surface area contributed by atoms with E-state index in [4.69, 9.17) is 14.2 Å². The van der Waals surface area contributed by atoms with Crippen LogP contribution in [0.25, 0.3) is 0 Å². The summed E-state index contributed by atoms with van der Waals surface area (Å²) < 4.78 is 17.0. The Bertz CT molecular complexity index is 525. The molecule has 19 heavy (non-hydrogen) atoms. The van der Waals surface area contributed by atoms with Crippen molar-refractivity contribution in [3.05, 3.63) is 0 Å². The fourth-order valence-corrected chi connectivity index (χ4v) is 8.73. The lowest BCUT2D eigenvalue weighted by Gasteiger charge is -2.91. The van der Waals surface area contributed by atoms with Gasteiger partial charge in [-0.05, 0) is 29.6 Å². The van der Waals surface area contributed by atoms with Crippen molar-refractivity contribution >= 4 is 22.0 Å². The number of ether oxygens (including phenoxy) is 3. The van der Waals surface area contributed by atoms with E-state index in [-0.39, 0.29) is 16.0 Å². The van der Waals surface area contributed by atoms with Crippen LogP contribution < -0.4 is 5.32 Å². The Morgan fingerprint density at radius 1 is 1.16 bits per heavy atom. The van der Waals surface area contributed by atoms with E-state index in [1.54, 1.807) is 0 Å². The zero-order valence-corrected chi connectivity index (χ0v) is 12.0. The summed E-state index contributed by atoms with van der Waals surface area (Å²) in [4.78, 5) is 11.6.